The van der Waals surface area contributed by atoms with Crippen LogP contribution in [0.3, 0.4) is 0 Å². The predicted molar refractivity (Wildman–Crippen MR) is 68.2 cm³/mol. The maximum atomic E-state index is 5.78. The second-order valence-electron chi connectivity index (χ2n) is 4.80. The molecule has 88 valence electrons. The zero-order valence-corrected chi connectivity index (χ0v) is 10.1. The molecule has 0 unspecified atom stereocenters. The van der Waals surface area contributed by atoms with E-state index < -0.39 is 0 Å². The molecule has 0 atom stereocenters. The molecule has 3 nitrogen and oxygen atoms in total. The minimum Gasteiger partial charge on any atom is -0.326 e. The second-order valence-corrected chi connectivity index (χ2v) is 4.80. The van der Waals surface area contributed by atoms with Crippen LogP contribution in [0, 0.1) is 6.92 Å². The zero-order valence-electron chi connectivity index (χ0n) is 10.1. The monoisotopic (exact) mass is 227 g/mol. The van der Waals surface area contributed by atoms with Crippen molar-refractivity contribution in [3.63, 3.8) is 0 Å². The van der Waals surface area contributed by atoms with E-state index in [4.69, 9.17) is 5.73 Å². The third-order valence-corrected chi connectivity index (χ3v) is 3.31. The zero-order chi connectivity index (χ0) is 11.8. The van der Waals surface area contributed by atoms with E-state index in [1.165, 1.54) is 24.1 Å². The van der Waals surface area contributed by atoms with Gasteiger partial charge in [0.25, 0.3) is 0 Å². The molecule has 0 saturated heterocycles. The van der Waals surface area contributed by atoms with E-state index in [0.717, 1.165) is 11.3 Å². The van der Waals surface area contributed by atoms with E-state index in [2.05, 4.69) is 36.3 Å². The van der Waals surface area contributed by atoms with Gasteiger partial charge >= 0.3 is 0 Å². The molecule has 2 N–H and O–H groups in total. The van der Waals surface area contributed by atoms with Crippen LogP contribution in [0.15, 0.2) is 30.5 Å². The lowest BCUT2D eigenvalue weighted by atomic mass is 10.1. The SMILES string of the molecule is Cc1ccc(CN)c(-n2ccc(C3CC3)n2)c1. The number of nitrogens with zero attached hydrogens (tertiary/aromatic N) is 2. The van der Waals surface area contributed by atoms with Crippen molar-refractivity contribution in [3.8, 4) is 5.69 Å². The Morgan fingerprint density at radius 2 is 2.18 bits per heavy atom. The van der Waals surface area contributed by atoms with Crippen LogP contribution >= 0.6 is 0 Å². The van der Waals surface area contributed by atoms with E-state index in [0.29, 0.717) is 12.5 Å². The quantitative estimate of drug-likeness (QED) is 0.875. The average Bonchev–Trinajstić information content (AvgIpc) is 3.07. The maximum absolute atomic E-state index is 5.78. The summed E-state index contributed by atoms with van der Waals surface area (Å²) >= 11 is 0. The van der Waals surface area contributed by atoms with Crippen LogP contribution in [0.25, 0.3) is 5.69 Å². The number of aromatic nitrogens is 2. The van der Waals surface area contributed by atoms with Crippen LogP contribution in [0.1, 0.15) is 35.6 Å². The number of benzene rings is 1. The van der Waals surface area contributed by atoms with Gasteiger partial charge in [0.15, 0.2) is 0 Å². The molecule has 3 heteroatoms. The van der Waals surface area contributed by atoms with Crippen molar-refractivity contribution in [1.82, 2.24) is 9.78 Å². The van der Waals surface area contributed by atoms with Gasteiger partial charge in [0.1, 0.15) is 0 Å². The molecule has 2 aromatic rings. The Morgan fingerprint density at radius 3 is 2.88 bits per heavy atom. The van der Waals surface area contributed by atoms with Gasteiger partial charge in [0, 0.05) is 18.7 Å². The van der Waals surface area contributed by atoms with Gasteiger partial charge in [0.2, 0.25) is 0 Å². The fourth-order valence-corrected chi connectivity index (χ4v) is 2.13. The Morgan fingerprint density at radius 1 is 1.35 bits per heavy atom. The predicted octanol–water partition coefficient (Wildman–Crippen LogP) is 2.52. The Kier molecular flexibility index (Phi) is 2.48. The van der Waals surface area contributed by atoms with E-state index in [1.807, 2.05) is 10.9 Å². The Hall–Kier alpha value is -1.61. The fraction of sp³-hybridized carbons (Fsp3) is 0.357. The molecule has 0 aliphatic heterocycles. The van der Waals surface area contributed by atoms with Gasteiger partial charge in [-0.1, -0.05) is 12.1 Å². The summed E-state index contributed by atoms with van der Waals surface area (Å²) in [5, 5.41) is 4.65. The van der Waals surface area contributed by atoms with Crippen LogP contribution in [0.4, 0.5) is 0 Å². The number of hydrogen-bond donors (Lipinski definition) is 1. The Balaban J connectivity index is 2.03. The van der Waals surface area contributed by atoms with Gasteiger partial charge in [-0.15, -0.1) is 0 Å². The van der Waals surface area contributed by atoms with Crippen molar-refractivity contribution < 1.29 is 0 Å². The maximum Gasteiger partial charge on any atom is 0.0693 e. The minimum absolute atomic E-state index is 0.550. The first-order valence-electron chi connectivity index (χ1n) is 6.13. The smallest absolute Gasteiger partial charge is 0.0693 e. The molecule has 1 aromatic carbocycles. The molecule has 17 heavy (non-hydrogen) atoms. The molecule has 0 bridgehead atoms. The molecular formula is C14H17N3. The van der Waals surface area contributed by atoms with Crippen molar-refractivity contribution in [2.75, 3.05) is 0 Å². The first-order chi connectivity index (χ1) is 8.28. The average molecular weight is 227 g/mol. The summed E-state index contributed by atoms with van der Waals surface area (Å²) in [5.41, 5.74) is 10.5. The molecule has 1 aliphatic rings. The third kappa shape index (κ3) is 1.98. The highest BCUT2D eigenvalue weighted by Gasteiger charge is 2.26. The molecule has 1 heterocycles. The lowest BCUT2D eigenvalue weighted by molar-refractivity contribution is 0.822. The summed E-state index contributed by atoms with van der Waals surface area (Å²) in [4.78, 5) is 0. The normalized spacial score (nSPS) is 15.2. The molecule has 1 aliphatic carbocycles. The Labute approximate surface area is 101 Å². The Bertz CT molecular complexity index is 538. The van der Waals surface area contributed by atoms with Gasteiger partial charge in [-0.25, -0.2) is 4.68 Å². The minimum atomic E-state index is 0.550. The van der Waals surface area contributed by atoms with E-state index in [9.17, 15) is 0 Å². The molecule has 1 aromatic heterocycles. The summed E-state index contributed by atoms with van der Waals surface area (Å²) in [6, 6.07) is 8.45. The van der Waals surface area contributed by atoms with E-state index in [-0.39, 0.29) is 0 Å². The van der Waals surface area contributed by atoms with Crippen molar-refractivity contribution in [1.29, 1.82) is 0 Å². The fourth-order valence-electron chi connectivity index (χ4n) is 2.13. The molecule has 0 radical (unpaired) electrons. The van der Waals surface area contributed by atoms with Crippen molar-refractivity contribution >= 4 is 0 Å². The highest BCUT2D eigenvalue weighted by Crippen LogP contribution is 2.39. The van der Waals surface area contributed by atoms with Gasteiger partial charge in [0.05, 0.1) is 11.4 Å². The van der Waals surface area contributed by atoms with Crippen LogP contribution in [-0.4, -0.2) is 9.78 Å². The van der Waals surface area contributed by atoms with Crippen molar-refractivity contribution in [3.05, 3.63) is 47.3 Å². The van der Waals surface area contributed by atoms with Crippen LogP contribution in [-0.2, 0) is 6.54 Å². The lowest BCUT2D eigenvalue weighted by Gasteiger charge is -2.08. The van der Waals surface area contributed by atoms with Crippen molar-refractivity contribution in [2.45, 2.75) is 32.2 Å². The highest BCUT2D eigenvalue weighted by atomic mass is 15.3. The summed E-state index contributed by atoms with van der Waals surface area (Å²) in [6.45, 7) is 2.64. The molecule has 1 saturated carbocycles. The second kappa shape index (κ2) is 4.00. The third-order valence-electron chi connectivity index (χ3n) is 3.31. The van der Waals surface area contributed by atoms with E-state index in [1.54, 1.807) is 0 Å². The summed E-state index contributed by atoms with van der Waals surface area (Å²) in [5.74, 6) is 0.697. The van der Waals surface area contributed by atoms with Crippen LogP contribution < -0.4 is 5.73 Å². The first-order valence-corrected chi connectivity index (χ1v) is 6.13. The molecule has 1 fully saturated rings. The van der Waals surface area contributed by atoms with Crippen LogP contribution in [0.5, 0.6) is 0 Å². The molecule has 0 amide bonds. The highest BCUT2D eigenvalue weighted by molar-refractivity contribution is 5.43. The number of rotatable bonds is 3. The number of hydrogen-bond acceptors (Lipinski definition) is 2. The van der Waals surface area contributed by atoms with Gasteiger partial charge < -0.3 is 5.73 Å². The van der Waals surface area contributed by atoms with Crippen LogP contribution in [0.2, 0.25) is 0 Å². The van der Waals surface area contributed by atoms with Crippen molar-refractivity contribution in [2.24, 2.45) is 5.73 Å². The van der Waals surface area contributed by atoms with Gasteiger partial charge in [-0.2, -0.15) is 5.10 Å². The summed E-state index contributed by atoms with van der Waals surface area (Å²) < 4.78 is 1.96. The van der Waals surface area contributed by atoms with Gasteiger partial charge in [-0.05, 0) is 43.0 Å². The van der Waals surface area contributed by atoms with E-state index >= 15 is 0 Å². The topological polar surface area (TPSA) is 43.8 Å². The number of aryl methyl sites for hydroxylation is 1. The molecule has 3 rings (SSSR count). The first kappa shape index (κ1) is 10.5. The number of nitrogens with two attached hydrogens (primary N) is 1. The lowest BCUT2D eigenvalue weighted by Crippen LogP contribution is -2.05. The molecular weight excluding hydrogens is 210 g/mol. The van der Waals surface area contributed by atoms with Gasteiger partial charge in [-0.3, -0.25) is 0 Å². The summed E-state index contributed by atoms with van der Waals surface area (Å²) in [6.07, 6.45) is 4.62. The standard InChI is InChI=1S/C14H17N3/c1-10-2-3-12(9-15)14(8-10)17-7-6-13(16-17)11-4-5-11/h2-3,6-8,11H,4-5,9,15H2,1H3. The molecule has 0 spiro atoms. The summed E-state index contributed by atoms with van der Waals surface area (Å²) in [7, 11) is 0. The largest absolute Gasteiger partial charge is 0.326 e.